The Morgan fingerprint density at radius 3 is 2.74 bits per heavy atom. The summed E-state index contributed by atoms with van der Waals surface area (Å²) in [6.45, 7) is 2.27. The summed E-state index contributed by atoms with van der Waals surface area (Å²) in [7, 11) is 0. The number of aromatic nitrogens is 1. The second kappa shape index (κ2) is 8.29. The van der Waals surface area contributed by atoms with Crippen molar-refractivity contribution in [2.24, 2.45) is 0 Å². The second-order valence-corrected chi connectivity index (χ2v) is 5.55. The molecule has 0 saturated heterocycles. The maximum Gasteiger partial charge on any atom is 0.226 e. The van der Waals surface area contributed by atoms with E-state index in [0.29, 0.717) is 23.8 Å². The van der Waals surface area contributed by atoms with Gasteiger partial charge in [0.05, 0.1) is 0 Å². The van der Waals surface area contributed by atoms with Crippen molar-refractivity contribution < 1.29 is 9.59 Å². The molecule has 2 aromatic rings. The van der Waals surface area contributed by atoms with Gasteiger partial charge in [-0.2, -0.15) is 0 Å². The highest BCUT2D eigenvalue weighted by Crippen LogP contribution is 2.15. The molecule has 0 atom stereocenters. The highest BCUT2D eigenvalue weighted by atomic mass is 35.5. The van der Waals surface area contributed by atoms with Crippen molar-refractivity contribution in [2.45, 2.75) is 19.9 Å². The molecular formula is C17H18ClN3O2. The molecular weight excluding hydrogens is 314 g/mol. The minimum absolute atomic E-state index is 0.0793. The fourth-order valence-electron chi connectivity index (χ4n) is 2.09. The van der Waals surface area contributed by atoms with E-state index in [1.54, 1.807) is 41.6 Å². The van der Waals surface area contributed by atoms with Gasteiger partial charge in [-0.25, -0.2) is 0 Å². The van der Waals surface area contributed by atoms with Gasteiger partial charge < -0.3 is 10.2 Å². The quantitative estimate of drug-likeness (QED) is 0.884. The van der Waals surface area contributed by atoms with E-state index in [4.69, 9.17) is 11.6 Å². The van der Waals surface area contributed by atoms with Gasteiger partial charge in [0.25, 0.3) is 0 Å². The smallest absolute Gasteiger partial charge is 0.226 e. The average Bonchev–Trinajstić information content (AvgIpc) is 2.52. The van der Waals surface area contributed by atoms with Gasteiger partial charge in [0.1, 0.15) is 0 Å². The van der Waals surface area contributed by atoms with E-state index in [1.165, 1.54) is 6.92 Å². The summed E-state index contributed by atoms with van der Waals surface area (Å²) in [6, 6.07) is 10.7. The molecule has 0 aliphatic rings. The van der Waals surface area contributed by atoms with Crippen molar-refractivity contribution in [3.63, 3.8) is 0 Å². The van der Waals surface area contributed by atoms with Crippen molar-refractivity contribution in [1.29, 1.82) is 0 Å². The third kappa shape index (κ3) is 5.71. The molecule has 0 fully saturated rings. The largest absolute Gasteiger partial charge is 0.338 e. The molecule has 6 heteroatoms. The Morgan fingerprint density at radius 2 is 2.09 bits per heavy atom. The molecule has 0 unspecified atom stereocenters. The van der Waals surface area contributed by atoms with Gasteiger partial charge in [-0.3, -0.25) is 14.6 Å². The summed E-state index contributed by atoms with van der Waals surface area (Å²) >= 11 is 5.88. The Balaban J connectivity index is 1.88. The van der Waals surface area contributed by atoms with Gasteiger partial charge in [-0.1, -0.05) is 23.7 Å². The van der Waals surface area contributed by atoms with Crippen LogP contribution in [0.3, 0.4) is 0 Å². The number of carbonyl (C=O) groups is 2. The van der Waals surface area contributed by atoms with E-state index >= 15 is 0 Å². The maximum atomic E-state index is 12.0. The van der Waals surface area contributed by atoms with E-state index in [0.717, 1.165) is 5.56 Å². The fraction of sp³-hybridized carbons (Fsp3) is 0.235. The molecule has 5 nitrogen and oxygen atoms in total. The lowest BCUT2D eigenvalue weighted by Gasteiger charge is -2.20. The SMILES string of the molecule is CC(=O)N(CCC(=O)Nc1cccc(Cl)c1)Cc1cccnc1. The van der Waals surface area contributed by atoms with Crippen molar-refractivity contribution in [3.05, 3.63) is 59.4 Å². The Labute approximate surface area is 140 Å². The Morgan fingerprint density at radius 1 is 1.26 bits per heavy atom. The second-order valence-electron chi connectivity index (χ2n) is 5.11. The molecule has 0 radical (unpaired) electrons. The predicted molar refractivity (Wildman–Crippen MR) is 90.0 cm³/mol. The van der Waals surface area contributed by atoms with Crippen LogP contribution in [0.4, 0.5) is 5.69 Å². The highest BCUT2D eigenvalue weighted by Gasteiger charge is 2.12. The third-order valence-corrected chi connectivity index (χ3v) is 3.49. The number of anilines is 1. The highest BCUT2D eigenvalue weighted by molar-refractivity contribution is 6.30. The first-order chi connectivity index (χ1) is 11.0. The molecule has 23 heavy (non-hydrogen) atoms. The summed E-state index contributed by atoms with van der Waals surface area (Å²) in [5.74, 6) is -0.242. The van der Waals surface area contributed by atoms with Crippen LogP contribution in [0.2, 0.25) is 5.02 Å². The van der Waals surface area contributed by atoms with Crippen LogP contribution in [-0.4, -0.2) is 28.2 Å². The molecule has 0 spiro atoms. The van der Waals surface area contributed by atoms with Crippen molar-refractivity contribution in [3.8, 4) is 0 Å². The van der Waals surface area contributed by atoms with Gasteiger partial charge in [0.2, 0.25) is 11.8 Å². The summed E-state index contributed by atoms with van der Waals surface area (Å²) < 4.78 is 0. The Kier molecular flexibility index (Phi) is 6.11. The van der Waals surface area contributed by atoms with E-state index in [1.807, 2.05) is 12.1 Å². The summed E-state index contributed by atoms with van der Waals surface area (Å²) in [5.41, 5.74) is 1.57. The topological polar surface area (TPSA) is 62.3 Å². The van der Waals surface area contributed by atoms with Crippen LogP contribution in [0.25, 0.3) is 0 Å². The van der Waals surface area contributed by atoms with Crippen LogP contribution in [0.15, 0.2) is 48.8 Å². The first-order valence-corrected chi connectivity index (χ1v) is 7.62. The lowest BCUT2D eigenvalue weighted by atomic mass is 10.2. The van der Waals surface area contributed by atoms with Crippen LogP contribution < -0.4 is 5.32 Å². The van der Waals surface area contributed by atoms with Crippen LogP contribution in [-0.2, 0) is 16.1 Å². The lowest BCUT2D eigenvalue weighted by Crippen LogP contribution is -2.31. The predicted octanol–water partition coefficient (Wildman–Crippen LogP) is 3.11. The van der Waals surface area contributed by atoms with Gasteiger partial charge in [-0.15, -0.1) is 0 Å². The number of rotatable bonds is 6. The van der Waals surface area contributed by atoms with E-state index < -0.39 is 0 Å². The zero-order valence-corrected chi connectivity index (χ0v) is 13.6. The molecule has 0 saturated carbocycles. The van der Waals surface area contributed by atoms with Crippen LogP contribution in [0.1, 0.15) is 18.9 Å². The molecule has 2 rings (SSSR count). The average molecular weight is 332 g/mol. The molecule has 0 bridgehead atoms. The maximum absolute atomic E-state index is 12.0. The van der Waals surface area contributed by atoms with E-state index in [2.05, 4.69) is 10.3 Å². The van der Waals surface area contributed by atoms with Crippen LogP contribution >= 0.6 is 11.6 Å². The molecule has 1 aromatic heterocycles. The Hall–Kier alpha value is -2.40. The fourth-order valence-corrected chi connectivity index (χ4v) is 2.28. The van der Waals surface area contributed by atoms with E-state index in [9.17, 15) is 9.59 Å². The Bertz CT molecular complexity index is 677. The van der Waals surface area contributed by atoms with Crippen molar-refractivity contribution in [2.75, 3.05) is 11.9 Å². The number of hydrogen-bond donors (Lipinski definition) is 1. The van der Waals surface area contributed by atoms with Gasteiger partial charge in [0, 0.05) is 49.5 Å². The molecule has 0 aliphatic carbocycles. The summed E-state index contributed by atoms with van der Waals surface area (Å²) in [4.78, 5) is 29.4. The number of pyridine rings is 1. The number of amides is 2. The first-order valence-electron chi connectivity index (χ1n) is 7.24. The van der Waals surface area contributed by atoms with Crippen LogP contribution in [0.5, 0.6) is 0 Å². The number of halogens is 1. The minimum atomic E-state index is -0.162. The minimum Gasteiger partial charge on any atom is -0.338 e. The molecule has 120 valence electrons. The number of carbonyl (C=O) groups excluding carboxylic acids is 2. The van der Waals surface area contributed by atoms with Crippen LogP contribution in [0, 0.1) is 0 Å². The van der Waals surface area contributed by atoms with Gasteiger partial charge in [-0.05, 0) is 29.8 Å². The molecule has 1 N–H and O–H groups in total. The molecule has 2 amide bonds. The first kappa shape index (κ1) is 17.0. The summed E-state index contributed by atoms with van der Waals surface area (Å²) in [6.07, 6.45) is 3.61. The standard InChI is InChI=1S/C17H18ClN3O2/c1-13(22)21(12-14-4-3-8-19-11-14)9-7-17(23)20-16-6-2-5-15(18)10-16/h2-6,8,10-11H,7,9,12H2,1H3,(H,20,23). The number of benzene rings is 1. The third-order valence-electron chi connectivity index (χ3n) is 3.26. The molecule has 1 heterocycles. The normalized spacial score (nSPS) is 10.2. The molecule has 0 aliphatic heterocycles. The lowest BCUT2D eigenvalue weighted by molar-refractivity contribution is -0.129. The molecule has 1 aromatic carbocycles. The van der Waals surface area contributed by atoms with Gasteiger partial charge in [0.15, 0.2) is 0 Å². The monoisotopic (exact) mass is 331 g/mol. The number of nitrogens with zero attached hydrogens (tertiary/aromatic N) is 2. The van der Waals surface area contributed by atoms with Crippen molar-refractivity contribution in [1.82, 2.24) is 9.88 Å². The number of hydrogen-bond acceptors (Lipinski definition) is 3. The zero-order valence-electron chi connectivity index (χ0n) is 12.8. The van der Waals surface area contributed by atoms with Gasteiger partial charge >= 0.3 is 0 Å². The zero-order chi connectivity index (χ0) is 16.7. The number of nitrogens with one attached hydrogen (secondary N) is 1. The van der Waals surface area contributed by atoms with E-state index in [-0.39, 0.29) is 18.2 Å². The van der Waals surface area contributed by atoms with Crippen molar-refractivity contribution >= 4 is 29.1 Å². The summed E-state index contributed by atoms with van der Waals surface area (Å²) in [5, 5.41) is 3.33.